The summed E-state index contributed by atoms with van der Waals surface area (Å²) in [6, 6.07) is 24.0. The second-order valence-electron chi connectivity index (χ2n) is 12.5. The zero-order valence-corrected chi connectivity index (χ0v) is 26.4. The fourth-order valence-electron chi connectivity index (χ4n) is 7.46. The normalized spacial score (nSPS) is 22.9. The van der Waals surface area contributed by atoms with Gasteiger partial charge in [0.25, 0.3) is 10.1 Å². The van der Waals surface area contributed by atoms with E-state index in [-0.39, 0.29) is 28.6 Å². The molecule has 2 aliphatic rings. The van der Waals surface area contributed by atoms with Crippen LogP contribution in [-0.4, -0.2) is 18.9 Å². The number of ether oxygens (including phenoxy) is 1. The van der Waals surface area contributed by atoms with Crippen LogP contribution in [-0.2, 0) is 20.3 Å². The van der Waals surface area contributed by atoms with Gasteiger partial charge < -0.3 is 4.74 Å². The van der Waals surface area contributed by atoms with Crippen LogP contribution in [0.1, 0.15) is 84.2 Å². The van der Waals surface area contributed by atoms with Crippen LogP contribution in [0.2, 0.25) is 0 Å². The first kappa shape index (κ1) is 30.0. The van der Waals surface area contributed by atoms with Gasteiger partial charge in [-0.1, -0.05) is 98.8 Å². The minimum absolute atomic E-state index is 0.0952. The van der Waals surface area contributed by atoms with E-state index in [0.717, 1.165) is 33.9 Å². The Balaban J connectivity index is 1.60. The number of fused-ring (bicyclic) bond motifs is 7. The van der Waals surface area contributed by atoms with Crippen molar-refractivity contribution in [3.63, 3.8) is 0 Å². The summed E-state index contributed by atoms with van der Waals surface area (Å²) in [5, 5.41) is 2.22. The lowest BCUT2D eigenvalue weighted by Gasteiger charge is -2.47. The lowest BCUT2D eigenvalue weighted by Crippen LogP contribution is -2.49. The molecule has 0 aromatic heterocycles. The van der Waals surface area contributed by atoms with Crippen molar-refractivity contribution < 1.29 is 22.5 Å². The molecule has 2 bridgehead atoms. The van der Waals surface area contributed by atoms with Crippen LogP contribution in [0, 0.1) is 13.8 Å². The molecule has 3 atom stereocenters. The van der Waals surface area contributed by atoms with Crippen LogP contribution in [0.3, 0.4) is 0 Å². The van der Waals surface area contributed by atoms with Gasteiger partial charge >= 0.3 is 5.97 Å². The summed E-state index contributed by atoms with van der Waals surface area (Å²) in [4.78, 5) is 15.0. The molecule has 5 nitrogen and oxygen atoms in total. The molecule has 4 aromatic carbocycles. The first-order chi connectivity index (χ1) is 21.0. The van der Waals surface area contributed by atoms with Crippen LogP contribution < -0.4 is 4.74 Å². The first-order valence-electron chi connectivity index (χ1n) is 15.3. The molecular formula is C38H38O5S. The molecule has 6 heteroatoms. The Morgan fingerprint density at radius 1 is 0.909 bits per heavy atom. The molecule has 1 N–H and O–H groups in total. The minimum Gasteiger partial charge on any atom is -0.426 e. The third-order valence-corrected chi connectivity index (χ3v) is 10.5. The molecule has 3 unspecified atom stereocenters. The molecule has 226 valence electrons. The number of esters is 1. The van der Waals surface area contributed by atoms with Crippen molar-refractivity contribution in [2.45, 2.75) is 75.0 Å². The molecular weight excluding hydrogens is 568 g/mol. The molecule has 44 heavy (non-hydrogen) atoms. The van der Waals surface area contributed by atoms with Gasteiger partial charge in [-0.05, 0) is 101 Å². The van der Waals surface area contributed by atoms with Crippen molar-refractivity contribution in [2.75, 3.05) is 0 Å². The van der Waals surface area contributed by atoms with E-state index in [2.05, 4.69) is 79.8 Å². The van der Waals surface area contributed by atoms with E-state index < -0.39 is 15.5 Å². The smallest absolute Gasteiger partial charge is 0.322 e. The van der Waals surface area contributed by atoms with E-state index >= 15 is 4.79 Å². The van der Waals surface area contributed by atoms with Crippen LogP contribution in [0.15, 0.2) is 102 Å². The maximum Gasteiger partial charge on any atom is 0.322 e. The summed E-state index contributed by atoms with van der Waals surface area (Å²) < 4.78 is 40.9. The van der Waals surface area contributed by atoms with Gasteiger partial charge in [0.05, 0.1) is 4.90 Å². The number of rotatable bonds is 5. The van der Waals surface area contributed by atoms with Crippen LogP contribution in [0.4, 0.5) is 0 Å². The molecule has 0 aliphatic heterocycles. The lowest BCUT2D eigenvalue weighted by atomic mass is 9.55. The highest BCUT2D eigenvalue weighted by molar-refractivity contribution is 7.85. The van der Waals surface area contributed by atoms with Crippen LogP contribution in [0.25, 0.3) is 10.8 Å². The SMILES string of the molecule is Cc1cc(S(=O)(=O)O)c(C(C)C)cc1OC(=O)C1(c2ccc3ccccc3c2C)CC2C/C=C\C=C/CC1c1ccccc12. The number of hydrogen-bond acceptors (Lipinski definition) is 4. The molecule has 0 saturated carbocycles. The Kier molecular flexibility index (Phi) is 7.85. The average Bonchev–Trinajstić information content (AvgIpc) is 3.00. The summed E-state index contributed by atoms with van der Waals surface area (Å²) >= 11 is 0. The monoisotopic (exact) mass is 606 g/mol. The number of allylic oxidation sites excluding steroid dienone is 4. The predicted octanol–water partition coefficient (Wildman–Crippen LogP) is 8.85. The number of benzene rings is 4. The minimum atomic E-state index is -4.46. The summed E-state index contributed by atoms with van der Waals surface area (Å²) in [5.74, 6) is -0.364. The summed E-state index contributed by atoms with van der Waals surface area (Å²) in [5.41, 5.74) is 4.30. The van der Waals surface area contributed by atoms with Gasteiger partial charge in [-0.2, -0.15) is 8.42 Å². The topological polar surface area (TPSA) is 80.7 Å². The summed E-state index contributed by atoms with van der Waals surface area (Å²) in [7, 11) is -4.46. The van der Waals surface area contributed by atoms with E-state index in [0.29, 0.717) is 29.7 Å². The van der Waals surface area contributed by atoms with Crippen molar-refractivity contribution >= 4 is 26.9 Å². The Hall–Kier alpha value is -4.00. The third kappa shape index (κ3) is 5.10. The fraction of sp³-hybridized carbons (Fsp3) is 0.289. The van der Waals surface area contributed by atoms with Crippen molar-refractivity contribution in [2.24, 2.45) is 0 Å². The number of carbonyl (C=O) groups excluding carboxylic acids is 1. The summed E-state index contributed by atoms with van der Waals surface area (Å²) in [6.07, 6.45) is 10.5. The van der Waals surface area contributed by atoms with E-state index in [4.69, 9.17) is 4.74 Å². The Morgan fingerprint density at radius 3 is 2.32 bits per heavy atom. The standard InChI is InChI=1S/C38H38O5S/c1-24(2)32-22-35(25(3)21-36(32)44(40,41)42)43-37(39)38(33-20-19-27-13-9-10-15-29(27)26(33)4)23-28-14-7-5-6-8-18-34(38)31-17-12-11-16-30(28)31/h5-13,15-17,19-22,24,28,34H,14,18,23H2,1-4H3,(H,40,41,42)/b7-5-,8-6-. The van der Waals surface area contributed by atoms with Crippen molar-refractivity contribution in [1.82, 2.24) is 0 Å². The Labute approximate surface area is 260 Å². The highest BCUT2D eigenvalue weighted by Gasteiger charge is 2.54. The van der Waals surface area contributed by atoms with Gasteiger partial charge in [0, 0.05) is 5.92 Å². The molecule has 2 aliphatic carbocycles. The quantitative estimate of drug-likeness (QED) is 0.139. The van der Waals surface area contributed by atoms with E-state index in [9.17, 15) is 13.0 Å². The molecule has 0 fully saturated rings. The fourth-order valence-corrected chi connectivity index (χ4v) is 8.37. The first-order valence-corrected chi connectivity index (χ1v) is 16.7. The van der Waals surface area contributed by atoms with E-state index in [1.54, 1.807) is 13.0 Å². The van der Waals surface area contributed by atoms with E-state index in [1.165, 1.54) is 11.6 Å². The second-order valence-corrected chi connectivity index (χ2v) is 13.9. The van der Waals surface area contributed by atoms with Crippen molar-refractivity contribution in [1.29, 1.82) is 0 Å². The number of hydrogen-bond donors (Lipinski definition) is 1. The molecule has 0 amide bonds. The van der Waals surface area contributed by atoms with Gasteiger partial charge in [-0.3, -0.25) is 9.35 Å². The Morgan fingerprint density at radius 2 is 1.59 bits per heavy atom. The maximum atomic E-state index is 15.1. The summed E-state index contributed by atoms with van der Waals surface area (Å²) in [6.45, 7) is 7.51. The number of carbonyl (C=O) groups is 1. The van der Waals surface area contributed by atoms with Gasteiger partial charge in [0.1, 0.15) is 11.2 Å². The van der Waals surface area contributed by atoms with Gasteiger partial charge in [0.15, 0.2) is 0 Å². The molecule has 0 radical (unpaired) electrons. The van der Waals surface area contributed by atoms with Gasteiger partial charge in [-0.15, -0.1) is 0 Å². The largest absolute Gasteiger partial charge is 0.426 e. The zero-order valence-electron chi connectivity index (χ0n) is 25.6. The molecule has 6 rings (SSSR count). The van der Waals surface area contributed by atoms with Gasteiger partial charge in [-0.25, -0.2) is 0 Å². The highest BCUT2D eigenvalue weighted by atomic mass is 32.2. The van der Waals surface area contributed by atoms with Crippen LogP contribution in [0.5, 0.6) is 5.75 Å². The third-order valence-electron chi connectivity index (χ3n) is 9.60. The maximum absolute atomic E-state index is 15.1. The van der Waals surface area contributed by atoms with E-state index in [1.807, 2.05) is 26.0 Å². The molecule has 0 saturated heterocycles. The second kappa shape index (κ2) is 11.5. The molecule has 4 aromatic rings. The predicted molar refractivity (Wildman–Crippen MR) is 175 cm³/mol. The Bertz CT molecular complexity index is 1930. The molecule has 0 heterocycles. The average molecular weight is 607 g/mol. The molecule has 0 spiro atoms. The van der Waals surface area contributed by atoms with Crippen molar-refractivity contribution in [3.8, 4) is 5.75 Å². The lowest BCUT2D eigenvalue weighted by molar-refractivity contribution is -0.143. The van der Waals surface area contributed by atoms with Crippen molar-refractivity contribution in [3.05, 3.63) is 130 Å². The highest BCUT2D eigenvalue weighted by Crippen LogP contribution is 2.56. The van der Waals surface area contributed by atoms with Gasteiger partial charge in [0.2, 0.25) is 0 Å². The van der Waals surface area contributed by atoms with Crippen LogP contribution >= 0.6 is 0 Å². The number of aryl methyl sites for hydroxylation is 2. The zero-order chi connectivity index (χ0) is 31.2.